The molecule has 124 valence electrons. The Bertz CT molecular complexity index is 756. The molecule has 0 aliphatic rings. The molecule has 24 heavy (non-hydrogen) atoms. The molecule has 7 heteroatoms. The number of rotatable bonds is 8. The number of para-hydroxylation sites is 1. The van der Waals surface area contributed by atoms with E-state index in [-0.39, 0.29) is 18.5 Å². The van der Waals surface area contributed by atoms with Gasteiger partial charge in [-0.2, -0.15) is 4.98 Å². The first kappa shape index (κ1) is 16.2. The zero-order chi connectivity index (χ0) is 16.6. The number of nitrogens with zero attached hydrogens (tertiary/aromatic N) is 3. The third kappa shape index (κ3) is 4.66. The molecule has 3 aromatic rings. The monoisotopic (exact) mass is 342 g/mol. The van der Waals surface area contributed by atoms with Crippen LogP contribution in [0.2, 0.25) is 0 Å². The van der Waals surface area contributed by atoms with E-state index in [1.54, 1.807) is 22.3 Å². The molecule has 1 amide bonds. The number of carbonyl (C=O) groups excluding carboxylic acids is 1. The van der Waals surface area contributed by atoms with Crippen molar-refractivity contribution in [3.8, 4) is 11.7 Å². The summed E-state index contributed by atoms with van der Waals surface area (Å²) < 4.78 is 6.93. The second kappa shape index (κ2) is 8.26. The summed E-state index contributed by atoms with van der Waals surface area (Å²) >= 11 is 1.73. The SMILES string of the molecule is O=C(COc1ncn(-c2ccccc2)n1)NCCCc1cccs1. The summed E-state index contributed by atoms with van der Waals surface area (Å²) in [5.41, 5.74) is 0.887. The summed E-state index contributed by atoms with van der Waals surface area (Å²) in [4.78, 5) is 17.1. The van der Waals surface area contributed by atoms with E-state index in [9.17, 15) is 4.79 Å². The average Bonchev–Trinajstić information content (AvgIpc) is 3.29. The average molecular weight is 342 g/mol. The molecular formula is C17H18N4O2S. The van der Waals surface area contributed by atoms with Gasteiger partial charge in [-0.15, -0.1) is 16.4 Å². The number of hydrogen-bond donors (Lipinski definition) is 1. The predicted octanol–water partition coefficient (Wildman–Crippen LogP) is 2.46. The summed E-state index contributed by atoms with van der Waals surface area (Å²) in [5, 5.41) is 9.08. The lowest BCUT2D eigenvalue weighted by atomic mass is 10.2. The van der Waals surface area contributed by atoms with Crippen LogP contribution >= 0.6 is 11.3 Å². The van der Waals surface area contributed by atoms with E-state index in [4.69, 9.17) is 4.74 Å². The molecule has 0 saturated heterocycles. The standard InChI is InChI=1S/C17H18N4O2S/c22-16(18-10-4-8-15-9-5-11-24-15)12-23-17-19-13-21(20-17)14-6-2-1-3-7-14/h1-3,5-7,9,11,13H,4,8,10,12H2,(H,18,22). The number of thiophene rings is 1. The molecular weight excluding hydrogens is 324 g/mol. The minimum Gasteiger partial charge on any atom is -0.452 e. The molecule has 0 aliphatic heterocycles. The lowest BCUT2D eigenvalue weighted by Crippen LogP contribution is -2.30. The van der Waals surface area contributed by atoms with Crippen LogP contribution in [0.15, 0.2) is 54.2 Å². The predicted molar refractivity (Wildman–Crippen MR) is 92.5 cm³/mol. The zero-order valence-electron chi connectivity index (χ0n) is 13.1. The largest absolute Gasteiger partial charge is 0.452 e. The number of aryl methyl sites for hydroxylation is 1. The lowest BCUT2D eigenvalue weighted by Gasteiger charge is -2.04. The Hall–Kier alpha value is -2.67. The van der Waals surface area contributed by atoms with Crippen LogP contribution in [-0.2, 0) is 11.2 Å². The minimum absolute atomic E-state index is 0.0855. The van der Waals surface area contributed by atoms with Crippen molar-refractivity contribution in [1.29, 1.82) is 0 Å². The fourth-order valence-electron chi connectivity index (χ4n) is 2.15. The summed E-state index contributed by atoms with van der Waals surface area (Å²) in [6.07, 6.45) is 3.44. The highest BCUT2D eigenvalue weighted by Crippen LogP contribution is 2.10. The first-order valence-electron chi connectivity index (χ1n) is 7.70. The summed E-state index contributed by atoms with van der Waals surface area (Å²) in [6, 6.07) is 13.9. The van der Waals surface area contributed by atoms with Crippen molar-refractivity contribution in [2.45, 2.75) is 12.8 Å². The normalized spacial score (nSPS) is 10.5. The quantitative estimate of drug-likeness (QED) is 0.639. The highest BCUT2D eigenvalue weighted by atomic mass is 32.1. The van der Waals surface area contributed by atoms with E-state index in [0.29, 0.717) is 6.54 Å². The first-order valence-corrected chi connectivity index (χ1v) is 8.58. The third-order valence-electron chi connectivity index (χ3n) is 3.33. The zero-order valence-corrected chi connectivity index (χ0v) is 13.9. The van der Waals surface area contributed by atoms with Crippen LogP contribution in [0, 0.1) is 0 Å². The number of aromatic nitrogens is 3. The number of benzene rings is 1. The van der Waals surface area contributed by atoms with Gasteiger partial charge in [0.15, 0.2) is 6.61 Å². The number of carbonyl (C=O) groups is 1. The molecule has 3 rings (SSSR count). The van der Waals surface area contributed by atoms with Gasteiger partial charge in [-0.25, -0.2) is 4.68 Å². The second-order valence-electron chi connectivity index (χ2n) is 5.13. The minimum atomic E-state index is -0.169. The molecule has 0 bridgehead atoms. The molecule has 0 spiro atoms. The van der Waals surface area contributed by atoms with Gasteiger partial charge < -0.3 is 10.1 Å². The van der Waals surface area contributed by atoms with Crippen LogP contribution in [-0.4, -0.2) is 33.8 Å². The van der Waals surface area contributed by atoms with Crippen LogP contribution in [0.3, 0.4) is 0 Å². The van der Waals surface area contributed by atoms with Crippen molar-refractivity contribution in [1.82, 2.24) is 20.1 Å². The molecule has 2 aromatic heterocycles. The topological polar surface area (TPSA) is 69.0 Å². The second-order valence-corrected chi connectivity index (χ2v) is 6.16. The van der Waals surface area contributed by atoms with Crippen molar-refractivity contribution >= 4 is 17.2 Å². The van der Waals surface area contributed by atoms with E-state index < -0.39 is 0 Å². The number of hydrogen-bond acceptors (Lipinski definition) is 5. The maximum Gasteiger partial charge on any atom is 0.336 e. The molecule has 0 saturated carbocycles. The van der Waals surface area contributed by atoms with E-state index in [2.05, 4.69) is 26.8 Å². The Morgan fingerprint density at radius 2 is 2.08 bits per heavy atom. The van der Waals surface area contributed by atoms with Gasteiger partial charge in [-0.3, -0.25) is 4.79 Å². The Kier molecular flexibility index (Phi) is 5.57. The fourth-order valence-corrected chi connectivity index (χ4v) is 2.90. The summed E-state index contributed by atoms with van der Waals surface area (Å²) in [5.74, 6) is -0.169. The van der Waals surface area contributed by atoms with Gasteiger partial charge in [0.2, 0.25) is 0 Å². The smallest absolute Gasteiger partial charge is 0.336 e. The van der Waals surface area contributed by atoms with Crippen molar-refractivity contribution in [3.05, 3.63) is 59.0 Å². The van der Waals surface area contributed by atoms with Gasteiger partial charge in [0, 0.05) is 11.4 Å². The summed E-state index contributed by atoms with van der Waals surface area (Å²) in [6.45, 7) is 0.545. The Morgan fingerprint density at radius 3 is 2.88 bits per heavy atom. The highest BCUT2D eigenvalue weighted by Gasteiger charge is 2.07. The maximum atomic E-state index is 11.8. The van der Waals surface area contributed by atoms with Gasteiger partial charge in [0.25, 0.3) is 5.91 Å². The van der Waals surface area contributed by atoms with Crippen molar-refractivity contribution in [3.63, 3.8) is 0 Å². The molecule has 0 atom stereocenters. The van der Waals surface area contributed by atoms with Gasteiger partial charge in [-0.1, -0.05) is 24.3 Å². The maximum absolute atomic E-state index is 11.8. The number of nitrogens with one attached hydrogen (secondary N) is 1. The Morgan fingerprint density at radius 1 is 1.21 bits per heavy atom. The molecule has 0 radical (unpaired) electrons. The number of ether oxygens (including phenoxy) is 1. The van der Waals surface area contributed by atoms with E-state index >= 15 is 0 Å². The number of amides is 1. The highest BCUT2D eigenvalue weighted by molar-refractivity contribution is 7.09. The van der Waals surface area contributed by atoms with Crippen LogP contribution in [0.1, 0.15) is 11.3 Å². The first-order chi connectivity index (χ1) is 11.8. The Balaban J connectivity index is 1.38. The van der Waals surface area contributed by atoms with Crippen molar-refractivity contribution < 1.29 is 9.53 Å². The molecule has 6 nitrogen and oxygen atoms in total. The summed E-state index contributed by atoms with van der Waals surface area (Å²) in [7, 11) is 0. The van der Waals surface area contributed by atoms with Crippen LogP contribution < -0.4 is 10.1 Å². The molecule has 2 heterocycles. The van der Waals surface area contributed by atoms with Gasteiger partial charge >= 0.3 is 6.01 Å². The van der Waals surface area contributed by atoms with Crippen molar-refractivity contribution in [2.75, 3.05) is 13.2 Å². The van der Waals surface area contributed by atoms with Gasteiger partial charge in [-0.05, 0) is 36.4 Å². The lowest BCUT2D eigenvalue weighted by molar-refractivity contribution is -0.123. The van der Waals surface area contributed by atoms with Gasteiger partial charge in [0.1, 0.15) is 6.33 Å². The third-order valence-corrected chi connectivity index (χ3v) is 4.26. The molecule has 1 N–H and O–H groups in total. The molecule has 0 unspecified atom stereocenters. The van der Waals surface area contributed by atoms with Crippen LogP contribution in [0.5, 0.6) is 6.01 Å². The fraction of sp³-hybridized carbons (Fsp3) is 0.235. The van der Waals surface area contributed by atoms with Crippen LogP contribution in [0.4, 0.5) is 0 Å². The van der Waals surface area contributed by atoms with Gasteiger partial charge in [0.05, 0.1) is 5.69 Å². The Labute approximate surface area is 144 Å². The van der Waals surface area contributed by atoms with E-state index in [1.807, 2.05) is 36.4 Å². The molecule has 1 aromatic carbocycles. The molecule has 0 fully saturated rings. The molecule has 0 aliphatic carbocycles. The van der Waals surface area contributed by atoms with Crippen molar-refractivity contribution in [2.24, 2.45) is 0 Å². The van der Waals surface area contributed by atoms with E-state index in [1.165, 1.54) is 4.88 Å². The van der Waals surface area contributed by atoms with Crippen LogP contribution in [0.25, 0.3) is 5.69 Å². The van der Waals surface area contributed by atoms with E-state index in [0.717, 1.165) is 18.5 Å².